The van der Waals surface area contributed by atoms with Crippen LogP contribution in [0.4, 0.5) is 5.95 Å². The summed E-state index contributed by atoms with van der Waals surface area (Å²) in [6, 6.07) is 13.2. The molecule has 9 heteroatoms. The van der Waals surface area contributed by atoms with Crippen LogP contribution in [-0.4, -0.2) is 39.2 Å². The topological polar surface area (TPSA) is 117 Å². The number of carbonyl (C=O) groups is 1. The number of para-hydroxylation sites is 1. The van der Waals surface area contributed by atoms with E-state index in [1.165, 1.54) is 26.4 Å². The normalized spacial score (nSPS) is 13.4. The van der Waals surface area contributed by atoms with E-state index in [1.54, 1.807) is 23.0 Å². The number of amides is 1. The number of rotatable bonds is 8. The van der Waals surface area contributed by atoms with E-state index in [1.807, 2.05) is 36.4 Å². The molecule has 0 saturated heterocycles. The minimum atomic E-state index is -0.284. The van der Waals surface area contributed by atoms with E-state index in [9.17, 15) is 4.79 Å². The number of anilines is 1. The van der Waals surface area contributed by atoms with Crippen molar-refractivity contribution in [2.24, 2.45) is 5.92 Å². The molecule has 5 rings (SSSR count). The molecular weight excluding hydrogens is 432 g/mol. The van der Waals surface area contributed by atoms with Crippen molar-refractivity contribution in [1.29, 1.82) is 0 Å². The Balaban J connectivity index is 1.34. The second kappa shape index (κ2) is 9.38. The molecule has 174 valence electrons. The molecule has 1 aliphatic rings. The molecule has 0 atom stereocenters. The number of benzene rings is 1. The van der Waals surface area contributed by atoms with Crippen LogP contribution in [0.2, 0.25) is 0 Å². The second-order valence-electron chi connectivity index (χ2n) is 8.37. The van der Waals surface area contributed by atoms with Crippen LogP contribution in [0.15, 0.2) is 54.9 Å². The van der Waals surface area contributed by atoms with E-state index >= 15 is 0 Å². The van der Waals surface area contributed by atoms with Crippen LogP contribution in [0, 0.1) is 5.92 Å². The molecule has 1 aromatic carbocycles. The number of pyridine rings is 2. The summed E-state index contributed by atoms with van der Waals surface area (Å²) in [5.74, 6) is 1.60. The van der Waals surface area contributed by atoms with Crippen molar-refractivity contribution in [3.63, 3.8) is 0 Å². The Kier molecular flexibility index (Phi) is 5.99. The van der Waals surface area contributed by atoms with Crippen LogP contribution >= 0.6 is 0 Å². The minimum Gasteiger partial charge on any atom is -0.493 e. The molecule has 0 radical (unpaired) electrons. The van der Waals surface area contributed by atoms with Gasteiger partial charge in [0.15, 0.2) is 5.65 Å². The van der Waals surface area contributed by atoms with Gasteiger partial charge in [-0.05, 0) is 48.6 Å². The monoisotopic (exact) mass is 458 g/mol. The van der Waals surface area contributed by atoms with Crippen molar-refractivity contribution in [2.45, 2.75) is 25.8 Å². The average molecular weight is 459 g/mol. The van der Waals surface area contributed by atoms with Gasteiger partial charge in [-0.1, -0.05) is 24.6 Å². The van der Waals surface area contributed by atoms with Crippen molar-refractivity contribution < 1.29 is 14.3 Å². The number of nitrogens with one attached hydrogen (secondary N) is 1. The van der Waals surface area contributed by atoms with Gasteiger partial charge in [0, 0.05) is 30.1 Å². The lowest BCUT2D eigenvalue weighted by Gasteiger charge is -2.25. The highest BCUT2D eigenvalue weighted by molar-refractivity contribution is 5.97. The van der Waals surface area contributed by atoms with Crippen molar-refractivity contribution in [1.82, 2.24) is 24.9 Å². The highest BCUT2D eigenvalue weighted by atomic mass is 16.5. The molecule has 3 heterocycles. The van der Waals surface area contributed by atoms with Crippen molar-refractivity contribution >= 4 is 17.5 Å². The summed E-state index contributed by atoms with van der Waals surface area (Å²) < 4.78 is 13.0. The van der Waals surface area contributed by atoms with Crippen LogP contribution in [0.25, 0.3) is 16.8 Å². The van der Waals surface area contributed by atoms with Gasteiger partial charge < -0.3 is 20.5 Å². The molecule has 3 aromatic heterocycles. The van der Waals surface area contributed by atoms with Crippen molar-refractivity contribution in [3.05, 3.63) is 66.0 Å². The lowest BCUT2D eigenvalue weighted by atomic mass is 9.86. The first-order valence-electron chi connectivity index (χ1n) is 11.3. The van der Waals surface area contributed by atoms with Crippen LogP contribution < -0.4 is 20.5 Å². The summed E-state index contributed by atoms with van der Waals surface area (Å²) in [7, 11) is 1.49. The number of ether oxygens (including phenoxy) is 2. The molecule has 0 unspecified atom stereocenters. The summed E-state index contributed by atoms with van der Waals surface area (Å²) in [4.78, 5) is 21.6. The zero-order valence-corrected chi connectivity index (χ0v) is 18.9. The summed E-state index contributed by atoms with van der Waals surface area (Å²) in [6.07, 6.45) is 7.14. The number of hydrogen-bond acceptors (Lipinski definition) is 7. The lowest BCUT2D eigenvalue weighted by Crippen LogP contribution is -2.24. The molecule has 1 aliphatic carbocycles. The molecule has 0 spiro atoms. The molecule has 4 aromatic rings. The number of nitrogens with two attached hydrogens (primary N) is 1. The van der Waals surface area contributed by atoms with Gasteiger partial charge in [0.2, 0.25) is 11.8 Å². The van der Waals surface area contributed by atoms with E-state index in [0.717, 1.165) is 22.4 Å². The first-order valence-corrected chi connectivity index (χ1v) is 11.3. The second-order valence-corrected chi connectivity index (χ2v) is 8.37. The van der Waals surface area contributed by atoms with Gasteiger partial charge in [-0.2, -0.15) is 4.98 Å². The minimum absolute atomic E-state index is 0.196. The predicted octanol–water partition coefficient (Wildman–Crippen LogP) is 3.49. The van der Waals surface area contributed by atoms with Gasteiger partial charge in [0.05, 0.1) is 13.7 Å². The third-order valence-corrected chi connectivity index (χ3v) is 6.09. The predicted molar refractivity (Wildman–Crippen MR) is 128 cm³/mol. The molecule has 0 aliphatic heterocycles. The van der Waals surface area contributed by atoms with E-state index in [0.29, 0.717) is 30.3 Å². The number of nitrogens with zero attached hydrogens (tertiary/aromatic N) is 4. The Morgan fingerprint density at radius 1 is 1.21 bits per heavy atom. The zero-order valence-electron chi connectivity index (χ0n) is 18.9. The summed E-state index contributed by atoms with van der Waals surface area (Å²) in [6.45, 7) is 1.05. The fraction of sp³-hybridized carbons (Fsp3) is 0.280. The molecule has 34 heavy (non-hydrogen) atoms. The maximum Gasteiger partial charge on any atom is 0.257 e. The number of carbonyl (C=O) groups excluding carboxylic acids is 1. The first-order chi connectivity index (χ1) is 16.6. The van der Waals surface area contributed by atoms with Crippen molar-refractivity contribution in [3.8, 4) is 22.8 Å². The third-order valence-electron chi connectivity index (χ3n) is 6.09. The Bertz CT molecular complexity index is 1330. The van der Waals surface area contributed by atoms with Crippen LogP contribution in [0.1, 0.15) is 35.2 Å². The quantitative estimate of drug-likeness (QED) is 0.415. The number of nitrogen functional groups attached to an aromatic ring is 1. The fourth-order valence-corrected chi connectivity index (χ4v) is 3.94. The maximum absolute atomic E-state index is 13.1. The molecule has 1 amide bonds. The van der Waals surface area contributed by atoms with Gasteiger partial charge in [0.25, 0.3) is 5.91 Å². The van der Waals surface area contributed by atoms with Gasteiger partial charge in [-0.3, -0.25) is 4.79 Å². The maximum atomic E-state index is 13.1. The number of methoxy groups -OCH3 is 1. The average Bonchev–Trinajstić information content (AvgIpc) is 3.21. The van der Waals surface area contributed by atoms with Gasteiger partial charge in [-0.15, -0.1) is 5.10 Å². The molecule has 1 fully saturated rings. The molecular formula is C25H26N6O3. The molecule has 0 bridgehead atoms. The fourth-order valence-electron chi connectivity index (χ4n) is 3.94. The van der Waals surface area contributed by atoms with Crippen LogP contribution in [0.5, 0.6) is 11.6 Å². The number of fused-ring (bicyclic) bond motifs is 1. The summed E-state index contributed by atoms with van der Waals surface area (Å²) >= 11 is 0. The number of aromatic nitrogens is 4. The third kappa shape index (κ3) is 4.50. The van der Waals surface area contributed by atoms with E-state index < -0.39 is 0 Å². The molecule has 3 N–H and O–H groups in total. The summed E-state index contributed by atoms with van der Waals surface area (Å²) in [5.41, 5.74) is 9.14. The van der Waals surface area contributed by atoms with Gasteiger partial charge in [-0.25, -0.2) is 9.50 Å². The standard InChI is InChI=1S/C25H26N6O3/c1-33-24-20(11-19(14-28-24)17-9-10-31-22(12-17)29-25(26)30-31)23(32)27-13-18-7-2-3-8-21(18)34-15-16-5-4-6-16/h2-3,7-12,14,16H,4-6,13,15H2,1H3,(H2,26,30)(H,27,32). The number of hydrogen-bond donors (Lipinski definition) is 2. The Morgan fingerprint density at radius 2 is 2.06 bits per heavy atom. The van der Waals surface area contributed by atoms with Gasteiger partial charge >= 0.3 is 0 Å². The highest BCUT2D eigenvalue weighted by Crippen LogP contribution is 2.29. The largest absolute Gasteiger partial charge is 0.493 e. The molecule has 1 saturated carbocycles. The molecule has 9 nitrogen and oxygen atoms in total. The Labute approximate surface area is 196 Å². The SMILES string of the molecule is COc1ncc(-c2ccn3nc(N)nc3c2)cc1C(=O)NCc1ccccc1OCC1CCC1. The van der Waals surface area contributed by atoms with Crippen molar-refractivity contribution in [2.75, 3.05) is 19.5 Å². The summed E-state index contributed by atoms with van der Waals surface area (Å²) in [5, 5.41) is 7.06. The van der Waals surface area contributed by atoms with Crippen LogP contribution in [0.3, 0.4) is 0 Å². The smallest absolute Gasteiger partial charge is 0.257 e. The van der Waals surface area contributed by atoms with E-state index in [2.05, 4.69) is 20.4 Å². The van der Waals surface area contributed by atoms with Gasteiger partial charge in [0.1, 0.15) is 11.3 Å². The zero-order chi connectivity index (χ0) is 23.5. The Hall–Kier alpha value is -4.14. The Morgan fingerprint density at radius 3 is 2.85 bits per heavy atom. The lowest BCUT2D eigenvalue weighted by molar-refractivity contribution is 0.0946. The first kappa shape index (κ1) is 21.7. The van der Waals surface area contributed by atoms with E-state index in [4.69, 9.17) is 15.2 Å². The highest BCUT2D eigenvalue weighted by Gasteiger charge is 2.19. The van der Waals surface area contributed by atoms with E-state index in [-0.39, 0.29) is 17.7 Å². The van der Waals surface area contributed by atoms with Crippen LogP contribution in [-0.2, 0) is 6.54 Å².